The van der Waals surface area contributed by atoms with Gasteiger partial charge in [-0.25, -0.2) is 0 Å². The van der Waals surface area contributed by atoms with E-state index in [1.165, 1.54) is 0 Å². The lowest BCUT2D eigenvalue weighted by atomic mass is 10.2. The van der Waals surface area contributed by atoms with Gasteiger partial charge in [-0.1, -0.05) is 34.1 Å². The van der Waals surface area contributed by atoms with E-state index in [4.69, 9.17) is 29.2 Å². The summed E-state index contributed by atoms with van der Waals surface area (Å²) in [4.78, 5) is 12.0. The smallest absolute Gasteiger partial charge is 0.264 e. The first-order valence-electron chi connectivity index (χ1n) is 7.65. The van der Waals surface area contributed by atoms with Crippen LogP contribution in [0.5, 0.6) is 5.75 Å². The quantitative estimate of drug-likeness (QED) is 0.353. The Hall–Kier alpha value is -1.75. The van der Waals surface area contributed by atoms with Crippen LogP contribution in [0.1, 0.15) is 5.56 Å². The lowest BCUT2D eigenvalue weighted by Crippen LogP contribution is -2.50. The van der Waals surface area contributed by atoms with Crippen LogP contribution in [0, 0.1) is 6.92 Å². The second-order valence-electron chi connectivity index (χ2n) is 5.27. The maximum absolute atomic E-state index is 12.0. The maximum atomic E-state index is 12.0. The number of hydrogen-bond donors (Lipinski definition) is 4. The molecule has 0 atom stereocenters. The summed E-state index contributed by atoms with van der Waals surface area (Å²) < 4.78 is 7.23. The molecule has 6 nitrogen and oxygen atoms in total. The second kappa shape index (κ2) is 10.5. The Kier molecular flexibility index (Phi) is 8.42. The van der Waals surface area contributed by atoms with E-state index in [9.17, 15) is 4.79 Å². The van der Waals surface area contributed by atoms with Crippen LogP contribution in [-0.4, -0.2) is 22.7 Å². The number of carbonyl (C=O) groups excluding carboxylic acids is 1. The van der Waals surface area contributed by atoms with Crippen molar-refractivity contribution in [3.05, 3.63) is 57.0 Å². The molecule has 2 rings (SSSR count). The van der Waals surface area contributed by atoms with Crippen molar-refractivity contribution in [1.82, 2.24) is 16.2 Å². The van der Waals surface area contributed by atoms with Gasteiger partial charge in [-0.15, -0.1) is 0 Å². The molecular weight excluding hydrogens is 516 g/mol. The molecule has 0 aliphatic carbocycles. The molecule has 2 aromatic rings. The van der Waals surface area contributed by atoms with Crippen molar-refractivity contribution in [1.29, 1.82) is 0 Å². The van der Waals surface area contributed by atoms with Gasteiger partial charge in [0.15, 0.2) is 16.8 Å². The summed E-state index contributed by atoms with van der Waals surface area (Å²) >= 11 is 17.0. The molecule has 27 heavy (non-hydrogen) atoms. The van der Waals surface area contributed by atoms with Crippen LogP contribution in [0.15, 0.2) is 51.4 Å². The van der Waals surface area contributed by atoms with Gasteiger partial charge in [-0.05, 0) is 77.1 Å². The predicted octanol–water partition coefficient (Wildman–Crippen LogP) is 3.79. The molecule has 0 aromatic heterocycles. The topological polar surface area (TPSA) is 74.4 Å². The van der Waals surface area contributed by atoms with E-state index in [-0.39, 0.29) is 11.7 Å². The van der Waals surface area contributed by atoms with E-state index in [1.54, 1.807) is 0 Å². The fourth-order valence-corrected chi connectivity index (χ4v) is 3.89. The number of hydrogen-bond acceptors (Lipinski definition) is 4. The average molecular weight is 532 g/mol. The molecular formula is C17H16Br2N4O2S2. The summed E-state index contributed by atoms with van der Waals surface area (Å²) in [5.41, 5.74) is 7.05. The number of hydrazine groups is 1. The van der Waals surface area contributed by atoms with Crippen LogP contribution in [-0.2, 0) is 4.79 Å². The number of thiocarbonyl (C=S) groups is 2. The monoisotopic (exact) mass is 530 g/mol. The van der Waals surface area contributed by atoms with Crippen molar-refractivity contribution < 1.29 is 9.53 Å². The van der Waals surface area contributed by atoms with E-state index in [0.717, 1.165) is 20.2 Å². The van der Waals surface area contributed by atoms with Crippen LogP contribution >= 0.6 is 56.3 Å². The summed E-state index contributed by atoms with van der Waals surface area (Å²) in [6, 6.07) is 13.2. The Morgan fingerprint density at radius 1 is 1.07 bits per heavy atom. The third-order valence-corrected chi connectivity index (χ3v) is 4.57. The van der Waals surface area contributed by atoms with E-state index in [2.05, 4.69) is 53.3 Å². The summed E-state index contributed by atoms with van der Waals surface area (Å²) in [6.45, 7) is 1.70. The van der Waals surface area contributed by atoms with Crippen LogP contribution in [0.3, 0.4) is 0 Å². The molecule has 0 heterocycles. The normalized spacial score (nSPS) is 9.89. The number of anilines is 1. The van der Waals surface area contributed by atoms with Gasteiger partial charge in [0.25, 0.3) is 5.91 Å². The van der Waals surface area contributed by atoms with Gasteiger partial charge in [0.1, 0.15) is 5.75 Å². The van der Waals surface area contributed by atoms with Crippen LogP contribution in [0.25, 0.3) is 0 Å². The average Bonchev–Trinajstić information content (AvgIpc) is 2.60. The van der Waals surface area contributed by atoms with Crippen molar-refractivity contribution in [3.8, 4) is 5.75 Å². The number of ether oxygens (including phenoxy) is 1. The lowest BCUT2D eigenvalue weighted by molar-refractivity contribution is -0.121. The molecule has 0 fully saturated rings. The first-order chi connectivity index (χ1) is 12.8. The Morgan fingerprint density at radius 2 is 1.74 bits per heavy atom. The predicted molar refractivity (Wildman–Crippen MR) is 122 cm³/mol. The number of halogens is 2. The minimum atomic E-state index is -0.398. The molecule has 0 unspecified atom stereocenters. The SMILES string of the molecule is Cc1cc(Br)cc(Br)c1OCC(=O)NC(=S)NNC(=S)Nc1ccccc1. The highest BCUT2D eigenvalue weighted by atomic mass is 79.9. The zero-order chi connectivity index (χ0) is 19.8. The number of rotatable bonds is 4. The first-order valence-corrected chi connectivity index (χ1v) is 10.1. The Labute approximate surface area is 184 Å². The number of amides is 1. The third-order valence-electron chi connectivity index (χ3n) is 3.12. The van der Waals surface area contributed by atoms with E-state index in [1.807, 2.05) is 49.4 Å². The van der Waals surface area contributed by atoms with Gasteiger partial charge < -0.3 is 10.1 Å². The molecule has 4 N–H and O–H groups in total. The minimum absolute atomic E-state index is 0.0763. The number of aryl methyl sites for hydroxylation is 1. The molecule has 10 heteroatoms. The van der Waals surface area contributed by atoms with E-state index in [0.29, 0.717) is 10.9 Å². The molecule has 0 saturated carbocycles. The largest absolute Gasteiger partial charge is 0.482 e. The molecule has 1 amide bonds. The summed E-state index contributed by atoms with van der Waals surface area (Å²) in [6.07, 6.45) is 0. The van der Waals surface area contributed by atoms with Crippen LogP contribution in [0.2, 0.25) is 0 Å². The van der Waals surface area contributed by atoms with Gasteiger partial charge in [0, 0.05) is 10.2 Å². The van der Waals surface area contributed by atoms with Gasteiger partial charge in [0.2, 0.25) is 0 Å². The molecule has 0 spiro atoms. The summed E-state index contributed by atoms with van der Waals surface area (Å²) in [7, 11) is 0. The highest BCUT2D eigenvalue weighted by Gasteiger charge is 2.11. The molecule has 0 aliphatic heterocycles. The molecule has 0 bridgehead atoms. The van der Waals surface area contributed by atoms with Crippen LogP contribution in [0.4, 0.5) is 5.69 Å². The zero-order valence-corrected chi connectivity index (χ0v) is 18.9. The number of benzene rings is 2. The minimum Gasteiger partial charge on any atom is -0.482 e. The standard InChI is InChI=1S/C17H16Br2N4O2S2/c1-10-7-11(18)8-13(19)15(10)25-9-14(24)21-17(27)23-22-16(26)20-12-5-3-2-4-6-12/h2-8H,9H2,1H3,(H2,20,22,26)(H2,21,23,24,27). The Bertz CT molecular complexity index is 827. The van der Waals surface area contributed by atoms with Gasteiger partial charge in [-0.2, -0.15) is 0 Å². The molecule has 142 valence electrons. The second-order valence-corrected chi connectivity index (χ2v) is 7.86. The fourth-order valence-electron chi connectivity index (χ4n) is 2.00. The van der Waals surface area contributed by atoms with Crippen molar-refractivity contribution in [3.63, 3.8) is 0 Å². The fraction of sp³-hybridized carbons (Fsp3) is 0.118. The van der Waals surface area contributed by atoms with Crippen molar-refractivity contribution in [2.45, 2.75) is 6.92 Å². The summed E-state index contributed by atoms with van der Waals surface area (Å²) in [5.74, 6) is 0.198. The highest BCUT2D eigenvalue weighted by Crippen LogP contribution is 2.32. The lowest BCUT2D eigenvalue weighted by Gasteiger charge is -2.14. The third kappa shape index (κ3) is 7.41. The van der Waals surface area contributed by atoms with Crippen molar-refractivity contribution in [2.24, 2.45) is 0 Å². The van der Waals surface area contributed by atoms with Crippen molar-refractivity contribution >= 4 is 78.1 Å². The van der Waals surface area contributed by atoms with Gasteiger partial charge in [-0.3, -0.25) is 21.0 Å². The number of para-hydroxylation sites is 1. The zero-order valence-electron chi connectivity index (χ0n) is 14.1. The van der Waals surface area contributed by atoms with E-state index < -0.39 is 5.91 Å². The van der Waals surface area contributed by atoms with Crippen molar-refractivity contribution in [2.75, 3.05) is 11.9 Å². The van der Waals surface area contributed by atoms with Gasteiger partial charge in [0.05, 0.1) is 4.47 Å². The van der Waals surface area contributed by atoms with Gasteiger partial charge >= 0.3 is 0 Å². The maximum Gasteiger partial charge on any atom is 0.264 e. The van der Waals surface area contributed by atoms with Crippen LogP contribution < -0.4 is 26.2 Å². The molecule has 0 aliphatic rings. The number of carbonyl (C=O) groups is 1. The van der Waals surface area contributed by atoms with E-state index >= 15 is 0 Å². The Morgan fingerprint density at radius 3 is 2.41 bits per heavy atom. The summed E-state index contributed by atoms with van der Waals surface area (Å²) in [5, 5.41) is 5.85. The molecule has 0 radical (unpaired) electrons. The first kappa shape index (κ1) is 21.5. The molecule has 0 saturated heterocycles. The molecule has 2 aromatic carbocycles. The number of nitrogens with one attached hydrogen (secondary N) is 4. The Balaban J connectivity index is 1.74. The highest BCUT2D eigenvalue weighted by molar-refractivity contribution is 9.11.